The van der Waals surface area contributed by atoms with Gasteiger partial charge in [-0.2, -0.15) is 0 Å². The first kappa shape index (κ1) is 27.6. The van der Waals surface area contributed by atoms with E-state index in [2.05, 4.69) is 0 Å². The fourth-order valence-corrected chi connectivity index (χ4v) is 6.73. The number of hydrogen-bond donors (Lipinski definition) is 0. The van der Waals surface area contributed by atoms with Crippen LogP contribution in [0, 0.1) is 0 Å². The largest absolute Gasteiger partial charge is 0.493 e. The Bertz CT molecular complexity index is 1590. The number of sulfone groups is 1. The molecule has 206 valence electrons. The van der Waals surface area contributed by atoms with Crippen molar-refractivity contribution in [3.05, 3.63) is 117 Å². The van der Waals surface area contributed by atoms with Gasteiger partial charge < -0.3 is 14.4 Å². The van der Waals surface area contributed by atoms with Crippen LogP contribution < -0.4 is 9.47 Å². The Morgan fingerprint density at radius 2 is 1.62 bits per heavy atom. The molecule has 7 nitrogen and oxygen atoms in total. The molecule has 0 saturated carbocycles. The van der Waals surface area contributed by atoms with Crippen LogP contribution in [0.3, 0.4) is 0 Å². The van der Waals surface area contributed by atoms with Gasteiger partial charge in [0.15, 0.2) is 17.7 Å². The summed E-state index contributed by atoms with van der Waals surface area (Å²) in [6.45, 7) is 2.27. The second-order valence-electron chi connectivity index (χ2n) is 9.45. The Morgan fingerprint density at radius 3 is 2.20 bits per heavy atom. The molecule has 40 heavy (non-hydrogen) atoms. The second kappa shape index (κ2) is 11.7. The average molecular weight is 575 g/mol. The number of amides is 1. The molecule has 0 bridgehead atoms. The highest BCUT2D eigenvalue weighted by molar-refractivity contribution is 7.90. The van der Waals surface area contributed by atoms with Crippen LogP contribution in [-0.4, -0.2) is 50.7 Å². The van der Waals surface area contributed by atoms with E-state index in [-0.39, 0.29) is 11.7 Å². The van der Waals surface area contributed by atoms with Crippen molar-refractivity contribution in [2.45, 2.75) is 19.1 Å². The number of thiophene rings is 1. The van der Waals surface area contributed by atoms with Crippen molar-refractivity contribution in [1.82, 2.24) is 4.90 Å². The standard InChI is InChI=1S/C31H30N2O5S2/c1-4-38-27-19-23(15-16-26(27)37-2)25(20-40(3,35)36)33-30(24-17-18-39-29(24)31(33)34)32-28(21-11-7-5-8-12-21)22-13-9-6-10-14-22/h5-19,25,30H,4,20H2,1-3H3. The number of methoxy groups -OCH3 is 1. The number of ether oxygens (including phenoxy) is 2. The van der Waals surface area contributed by atoms with Crippen molar-refractivity contribution >= 4 is 32.8 Å². The van der Waals surface area contributed by atoms with Crippen LogP contribution in [0.5, 0.6) is 11.5 Å². The van der Waals surface area contributed by atoms with E-state index >= 15 is 0 Å². The molecule has 0 saturated heterocycles. The van der Waals surface area contributed by atoms with E-state index in [0.29, 0.717) is 34.3 Å². The van der Waals surface area contributed by atoms with Gasteiger partial charge in [0.05, 0.1) is 36.1 Å². The highest BCUT2D eigenvalue weighted by Crippen LogP contribution is 2.45. The van der Waals surface area contributed by atoms with Crippen LogP contribution >= 0.6 is 11.3 Å². The highest BCUT2D eigenvalue weighted by atomic mass is 32.2. The maximum Gasteiger partial charge on any atom is 0.266 e. The molecule has 0 radical (unpaired) electrons. The van der Waals surface area contributed by atoms with Gasteiger partial charge in [-0.25, -0.2) is 8.42 Å². The van der Waals surface area contributed by atoms with Crippen molar-refractivity contribution in [2.24, 2.45) is 4.99 Å². The summed E-state index contributed by atoms with van der Waals surface area (Å²) in [6.07, 6.45) is 0.453. The summed E-state index contributed by atoms with van der Waals surface area (Å²) in [5.41, 5.74) is 3.89. The first-order valence-corrected chi connectivity index (χ1v) is 15.8. The Balaban J connectivity index is 1.70. The first-order valence-electron chi connectivity index (χ1n) is 12.9. The monoisotopic (exact) mass is 574 g/mol. The summed E-state index contributed by atoms with van der Waals surface area (Å²) in [6, 6.07) is 25.9. The minimum Gasteiger partial charge on any atom is -0.493 e. The molecule has 3 aromatic carbocycles. The maximum atomic E-state index is 14.0. The van der Waals surface area contributed by atoms with Crippen LogP contribution in [0.2, 0.25) is 0 Å². The topological polar surface area (TPSA) is 85.3 Å². The van der Waals surface area contributed by atoms with E-state index in [1.165, 1.54) is 17.6 Å². The molecule has 0 fully saturated rings. The molecule has 2 heterocycles. The molecule has 5 rings (SSSR count). The van der Waals surface area contributed by atoms with E-state index in [1.54, 1.807) is 30.2 Å². The fraction of sp³-hybridized carbons (Fsp3) is 0.226. The van der Waals surface area contributed by atoms with Crippen LogP contribution in [0.25, 0.3) is 0 Å². The predicted molar refractivity (Wildman–Crippen MR) is 158 cm³/mol. The van der Waals surface area contributed by atoms with Crippen LogP contribution in [0.4, 0.5) is 0 Å². The summed E-state index contributed by atoms with van der Waals surface area (Å²) in [7, 11) is -1.96. The lowest BCUT2D eigenvalue weighted by molar-refractivity contribution is 0.0656. The van der Waals surface area contributed by atoms with Gasteiger partial charge >= 0.3 is 0 Å². The molecule has 4 aromatic rings. The maximum absolute atomic E-state index is 14.0. The normalized spacial score (nSPS) is 15.4. The van der Waals surface area contributed by atoms with E-state index in [9.17, 15) is 13.2 Å². The molecular formula is C31H30N2O5S2. The van der Waals surface area contributed by atoms with Crippen molar-refractivity contribution in [3.8, 4) is 11.5 Å². The molecule has 0 spiro atoms. The number of rotatable bonds is 10. The summed E-state index contributed by atoms with van der Waals surface area (Å²) in [5, 5.41) is 1.87. The Hall–Kier alpha value is -3.95. The molecule has 1 amide bonds. The summed E-state index contributed by atoms with van der Waals surface area (Å²) < 4.78 is 36.8. The number of benzene rings is 3. The van der Waals surface area contributed by atoms with Gasteiger partial charge in [-0.3, -0.25) is 9.79 Å². The van der Waals surface area contributed by atoms with Gasteiger partial charge in [0, 0.05) is 22.9 Å². The number of fused-ring (bicyclic) bond motifs is 1. The van der Waals surface area contributed by atoms with Gasteiger partial charge in [-0.05, 0) is 36.1 Å². The van der Waals surface area contributed by atoms with Crippen LogP contribution in [-0.2, 0) is 9.84 Å². The predicted octanol–water partition coefficient (Wildman–Crippen LogP) is 5.93. The Kier molecular flexibility index (Phi) is 8.04. The second-order valence-corrected chi connectivity index (χ2v) is 12.6. The molecule has 9 heteroatoms. The van der Waals surface area contributed by atoms with Crippen LogP contribution in [0.15, 0.2) is 95.3 Å². The molecule has 1 aromatic heterocycles. The van der Waals surface area contributed by atoms with E-state index in [0.717, 1.165) is 16.7 Å². The Morgan fingerprint density at radius 1 is 0.975 bits per heavy atom. The molecule has 0 N–H and O–H groups in total. The quantitative estimate of drug-likeness (QED) is 0.219. The molecule has 2 atom stereocenters. The molecular weight excluding hydrogens is 544 g/mol. The van der Waals surface area contributed by atoms with Crippen LogP contribution in [0.1, 0.15) is 51.1 Å². The fourth-order valence-electron chi connectivity index (χ4n) is 4.94. The Labute approximate surface area is 238 Å². The highest BCUT2D eigenvalue weighted by Gasteiger charge is 2.44. The molecule has 0 aliphatic carbocycles. The lowest BCUT2D eigenvalue weighted by atomic mass is 10.0. The van der Waals surface area contributed by atoms with Gasteiger partial charge in [0.25, 0.3) is 5.91 Å². The lowest BCUT2D eigenvalue weighted by Gasteiger charge is -2.32. The van der Waals surface area contributed by atoms with Gasteiger partial charge in [0.1, 0.15) is 9.84 Å². The molecule has 2 unspecified atom stereocenters. The third-order valence-corrected chi connectivity index (χ3v) is 8.52. The average Bonchev–Trinajstić information content (AvgIpc) is 3.53. The van der Waals surface area contributed by atoms with Crippen molar-refractivity contribution in [2.75, 3.05) is 25.7 Å². The third-order valence-electron chi connectivity index (χ3n) is 6.68. The molecule has 1 aliphatic heterocycles. The minimum absolute atomic E-state index is 0.248. The SMILES string of the molecule is CCOc1cc(C(CS(C)(=O)=O)N2C(=O)c3sccc3C2N=C(c2ccccc2)c2ccccc2)ccc1OC. The smallest absolute Gasteiger partial charge is 0.266 e. The zero-order valence-corrected chi connectivity index (χ0v) is 24.1. The number of carbonyl (C=O) groups excluding carboxylic acids is 1. The summed E-state index contributed by atoms with van der Waals surface area (Å²) >= 11 is 1.34. The van der Waals surface area contributed by atoms with E-state index in [4.69, 9.17) is 14.5 Å². The zero-order chi connectivity index (χ0) is 28.3. The lowest BCUT2D eigenvalue weighted by Crippen LogP contribution is -2.36. The van der Waals surface area contributed by atoms with Gasteiger partial charge in [0.2, 0.25) is 0 Å². The van der Waals surface area contributed by atoms with E-state index in [1.807, 2.05) is 79.0 Å². The van der Waals surface area contributed by atoms with Crippen molar-refractivity contribution < 1.29 is 22.7 Å². The van der Waals surface area contributed by atoms with Gasteiger partial charge in [-0.15, -0.1) is 11.3 Å². The summed E-state index contributed by atoms with van der Waals surface area (Å²) in [5.74, 6) is 0.489. The molecule has 1 aliphatic rings. The number of carbonyl (C=O) groups is 1. The van der Waals surface area contributed by atoms with Crippen molar-refractivity contribution in [3.63, 3.8) is 0 Å². The van der Waals surface area contributed by atoms with Gasteiger partial charge in [-0.1, -0.05) is 66.7 Å². The number of nitrogens with zero attached hydrogens (tertiary/aromatic N) is 2. The van der Waals surface area contributed by atoms with E-state index < -0.39 is 22.0 Å². The minimum atomic E-state index is -3.51. The number of aliphatic imine (C=N–C) groups is 1. The van der Waals surface area contributed by atoms with Crippen molar-refractivity contribution in [1.29, 1.82) is 0 Å². The number of hydrogen-bond acceptors (Lipinski definition) is 7. The zero-order valence-electron chi connectivity index (χ0n) is 22.5. The first-order chi connectivity index (χ1) is 19.3. The summed E-state index contributed by atoms with van der Waals surface area (Å²) in [4.78, 5) is 21.3. The third kappa shape index (κ3) is 5.66.